The molecule has 0 saturated carbocycles. The number of nitrogen functional groups attached to an aromatic ring is 1. The maximum Gasteiger partial charge on any atom is 0.223 e. The van der Waals surface area contributed by atoms with Crippen LogP contribution in [0, 0.1) is 0 Å². The SMILES string of the molecule is COCCOc1cnc(CC(N)=O)cc1N.Cl. The van der Waals surface area contributed by atoms with Crippen LogP contribution in [0.3, 0.4) is 0 Å². The van der Waals surface area contributed by atoms with Gasteiger partial charge in [0.25, 0.3) is 0 Å². The smallest absolute Gasteiger partial charge is 0.223 e. The van der Waals surface area contributed by atoms with E-state index in [4.69, 9.17) is 20.9 Å². The lowest BCUT2D eigenvalue weighted by Crippen LogP contribution is -2.15. The molecule has 0 aliphatic heterocycles. The van der Waals surface area contributed by atoms with Crippen LogP contribution in [0.1, 0.15) is 5.69 Å². The first-order chi connectivity index (χ1) is 7.63. The molecule has 0 aliphatic rings. The number of hydrogen-bond acceptors (Lipinski definition) is 5. The molecule has 0 radical (unpaired) electrons. The summed E-state index contributed by atoms with van der Waals surface area (Å²) in [5.41, 5.74) is 11.7. The number of hydrogen-bond donors (Lipinski definition) is 2. The number of nitrogens with two attached hydrogens (primary N) is 2. The molecule has 7 heteroatoms. The highest BCUT2D eigenvalue weighted by molar-refractivity contribution is 5.85. The van der Waals surface area contributed by atoms with Gasteiger partial charge in [-0.15, -0.1) is 12.4 Å². The van der Waals surface area contributed by atoms with Crippen LogP contribution in [0.15, 0.2) is 12.3 Å². The van der Waals surface area contributed by atoms with Gasteiger partial charge in [-0.1, -0.05) is 0 Å². The Hall–Kier alpha value is -1.53. The van der Waals surface area contributed by atoms with Gasteiger partial charge in [0.05, 0.1) is 30.6 Å². The van der Waals surface area contributed by atoms with Crippen LogP contribution in [0.2, 0.25) is 0 Å². The molecule has 96 valence electrons. The predicted molar refractivity (Wildman–Crippen MR) is 66.2 cm³/mol. The monoisotopic (exact) mass is 261 g/mol. The van der Waals surface area contributed by atoms with Crippen molar-refractivity contribution in [3.05, 3.63) is 18.0 Å². The molecule has 0 fully saturated rings. The fourth-order valence-corrected chi connectivity index (χ4v) is 1.13. The second-order valence-electron chi connectivity index (χ2n) is 3.20. The number of anilines is 1. The summed E-state index contributed by atoms with van der Waals surface area (Å²) in [6.45, 7) is 0.875. The Morgan fingerprint density at radius 3 is 2.71 bits per heavy atom. The van der Waals surface area contributed by atoms with E-state index in [0.29, 0.717) is 30.3 Å². The summed E-state index contributed by atoms with van der Waals surface area (Å²) in [4.78, 5) is 14.7. The second kappa shape index (κ2) is 7.70. The Labute approximate surface area is 106 Å². The van der Waals surface area contributed by atoms with E-state index in [2.05, 4.69) is 4.98 Å². The third-order valence-corrected chi connectivity index (χ3v) is 1.85. The number of nitrogens with zero attached hydrogens (tertiary/aromatic N) is 1. The van der Waals surface area contributed by atoms with Crippen molar-refractivity contribution in [2.45, 2.75) is 6.42 Å². The fourth-order valence-electron chi connectivity index (χ4n) is 1.13. The Balaban J connectivity index is 0.00000256. The normalized spacial score (nSPS) is 9.47. The van der Waals surface area contributed by atoms with Crippen LogP contribution in [-0.4, -0.2) is 31.2 Å². The van der Waals surface area contributed by atoms with E-state index in [1.54, 1.807) is 13.2 Å². The van der Waals surface area contributed by atoms with Crippen molar-refractivity contribution in [2.24, 2.45) is 5.73 Å². The highest BCUT2D eigenvalue weighted by Crippen LogP contribution is 2.20. The van der Waals surface area contributed by atoms with Gasteiger partial charge >= 0.3 is 0 Å². The molecule has 0 atom stereocenters. The zero-order valence-corrected chi connectivity index (χ0v) is 10.3. The molecule has 0 unspecified atom stereocenters. The summed E-state index contributed by atoms with van der Waals surface area (Å²) in [6.07, 6.45) is 1.55. The van der Waals surface area contributed by atoms with Gasteiger partial charge < -0.3 is 20.9 Å². The number of amides is 1. The van der Waals surface area contributed by atoms with Crippen molar-refractivity contribution in [2.75, 3.05) is 26.1 Å². The van der Waals surface area contributed by atoms with Crippen LogP contribution in [0.25, 0.3) is 0 Å². The fraction of sp³-hybridized carbons (Fsp3) is 0.400. The van der Waals surface area contributed by atoms with Crippen molar-refractivity contribution in [3.63, 3.8) is 0 Å². The van der Waals surface area contributed by atoms with Crippen molar-refractivity contribution in [1.82, 2.24) is 4.98 Å². The minimum atomic E-state index is -0.444. The average Bonchev–Trinajstić information content (AvgIpc) is 2.20. The minimum absolute atomic E-state index is 0. The molecular weight excluding hydrogens is 246 g/mol. The number of pyridine rings is 1. The lowest BCUT2D eigenvalue weighted by Gasteiger charge is -2.08. The van der Waals surface area contributed by atoms with E-state index in [0.717, 1.165) is 0 Å². The van der Waals surface area contributed by atoms with Gasteiger partial charge in [0.15, 0.2) is 5.75 Å². The summed E-state index contributed by atoms with van der Waals surface area (Å²) < 4.78 is 10.1. The van der Waals surface area contributed by atoms with Crippen LogP contribution in [-0.2, 0) is 16.0 Å². The third-order valence-electron chi connectivity index (χ3n) is 1.85. The summed E-state index contributed by atoms with van der Waals surface area (Å²) in [7, 11) is 1.58. The van der Waals surface area contributed by atoms with Crippen LogP contribution < -0.4 is 16.2 Å². The number of methoxy groups -OCH3 is 1. The molecule has 0 bridgehead atoms. The maximum absolute atomic E-state index is 10.7. The number of aromatic nitrogens is 1. The van der Waals surface area contributed by atoms with Crippen LogP contribution in [0.4, 0.5) is 5.69 Å². The van der Waals surface area contributed by atoms with E-state index in [1.165, 1.54) is 6.20 Å². The molecule has 0 spiro atoms. The number of ether oxygens (including phenoxy) is 2. The van der Waals surface area contributed by atoms with E-state index in [-0.39, 0.29) is 18.8 Å². The third kappa shape index (κ3) is 5.37. The van der Waals surface area contributed by atoms with Gasteiger partial charge in [0.1, 0.15) is 6.61 Å². The maximum atomic E-state index is 10.7. The summed E-state index contributed by atoms with van der Waals surface area (Å²) in [6, 6.07) is 1.58. The Morgan fingerprint density at radius 1 is 1.47 bits per heavy atom. The molecule has 1 rings (SSSR count). The Morgan fingerprint density at radius 2 is 2.18 bits per heavy atom. The van der Waals surface area contributed by atoms with Gasteiger partial charge in [-0.3, -0.25) is 9.78 Å². The molecule has 1 heterocycles. The second-order valence-corrected chi connectivity index (χ2v) is 3.20. The summed E-state index contributed by atoms with van der Waals surface area (Å²) in [5, 5.41) is 0. The number of primary amides is 1. The minimum Gasteiger partial charge on any atom is -0.487 e. The lowest BCUT2D eigenvalue weighted by molar-refractivity contribution is -0.117. The van der Waals surface area contributed by atoms with Gasteiger partial charge in [-0.05, 0) is 6.07 Å². The van der Waals surface area contributed by atoms with Crippen molar-refractivity contribution >= 4 is 24.0 Å². The van der Waals surface area contributed by atoms with Crippen LogP contribution >= 0.6 is 12.4 Å². The average molecular weight is 262 g/mol. The first-order valence-electron chi connectivity index (χ1n) is 4.78. The molecule has 1 amide bonds. The molecule has 1 aromatic heterocycles. The molecule has 0 aliphatic carbocycles. The topological polar surface area (TPSA) is 100 Å². The molecule has 0 saturated heterocycles. The highest BCUT2D eigenvalue weighted by Gasteiger charge is 2.05. The van der Waals surface area contributed by atoms with E-state index < -0.39 is 5.91 Å². The first-order valence-corrected chi connectivity index (χ1v) is 4.78. The summed E-state index contributed by atoms with van der Waals surface area (Å²) in [5.74, 6) is 0.0326. The Bertz CT molecular complexity index is 374. The number of halogens is 1. The van der Waals surface area contributed by atoms with E-state index in [1.807, 2.05) is 0 Å². The van der Waals surface area contributed by atoms with E-state index in [9.17, 15) is 4.79 Å². The standard InChI is InChI=1S/C10H15N3O3.ClH/c1-15-2-3-16-9-6-13-7(4-8(9)11)5-10(12)14;/h4,6H,2-3,5H2,1H3,(H2,11,13)(H2,12,14);1H. The Kier molecular flexibility index (Phi) is 7.00. The van der Waals surface area contributed by atoms with Gasteiger partial charge in [0, 0.05) is 7.11 Å². The van der Waals surface area contributed by atoms with Crippen molar-refractivity contribution in [1.29, 1.82) is 0 Å². The molecular formula is C10H16ClN3O3. The first kappa shape index (κ1) is 15.5. The molecule has 1 aromatic rings. The molecule has 17 heavy (non-hydrogen) atoms. The highest BCUT2D eigenvalue weighted by atomic mass is 35.5. The lowest BCUT2D eigenvalue weighted by atomic mass is 10.2. The molecule has 4 N–H and O–H groups in total. The van der Waals surface area contributed by atoms with E-state index >= 15 is 0 Å². The zero-order chi connectivity index (χ0) is 12.0. The van der Waals surface area contributed by atoms with Gasteiger partial charge in [0.2, 0.25) is 5.91 Å². The number of rotatable bonds is 6. The van der Waals surface area contributed by atoms with Crippen molar-refractivity contribution < 1.29 is 14.3 Å². The predicted octanol–water partition coefficient (Wildman–Crippen LogP) is 0.139. The largest absolute Gasteiger partial charge is 0.487 e. The quantitative estimate of drug-likeness (QED) is 0.710. The van der Waals surface area contributed by atoms with Gasteiger partial charge in [-0.2, -0.15) is 0 Å². The van der Waals surface area contributed by atoms with Crippen LogP contribution in [0.5, 0.6) is 5.75 Å². The number of carbonyl (C=O) groups excluding carboxylic acids is 1. The number of carbonyl (C=O) groups is 1. The zero-order valence-electron chi connectivity index (χ0n) is 9.51. The molecule has 6 nitrogen and oxygen atoms in total. The summed E-state index contributed by atoms with van der Waals surface area (Å²) >= 11 is 0. The molecule has 0 aromatic carbocycles. The van der Waals surface area contributed by atoms with Gasteiger partial charge in [-0.25, -0.2) is 0 Å². The van der Waals surface area contributed by atoms with Crippen molar-refractivity contribution in [3.8, 4) is 5.75 Å².